The fourth-order valence-electron chi connectivity index (χ4n) is 5.07. The molecule has 3 aromatic carbocycles. The van der Waals surface area contributed by atoms with Crippen LogP contribution in [0.2, 0.25) is 0 Å². The van der Waals surface area contributed by atoms with E-state index in [0.717, 1.165) is 47.4 Å². The summed E-state index contributed by atoms with van der Waals surface area (Å²) in [6.07, 6.45) is 4.02. The van der Waals surface area contributed by atoms with Crippen LogP contribution in [0.25, 0.3) is 22.2 Å². The highest BCUT2D eigenvalue weighted by molar-refractivity contribution is 5.76. The first kappa shape index (κ1) is 25.5. The third kappa shape index (κ3) is 5.37. The van der Waals surface area contributed by atoms with Crippen LogP contribution in [0.1, 0.15) is 29.8 Å². The lowest BCUT2D eigenvalue weighted by Crippen LogP contribution is -2.23. The fourth-order valence-corrected chi connectivity index (χ4v) is 5.07. The molecule has 0 bridgehead atoms. The molecule has 0 N–H and O–H groups in total. The van der Waals surface area contributed by atoms with Crippen molar-refractivity contribution in [3.8, 4) is 22.9 Å². The number of nitriles is 1. The zero-order valence-corrected chi connectivity index (χ0v) is 21.8. The van der Waals surface area contributed by atoms with Crippen molar-refractivity contribution >= 4 is 11.0 Å². The maximum Gasteiger partial charge on any atom is 0.251 e. The lowest BCUT2D eigenvalue weighted by molar-refractivity contribution is 0.0971. The predicted octanol–water partition coefficient (Wildman–Crippen LogP) is 5.68. The Morgan fingerprint density at radius 2 is 1.93 bits per heavy atom. The predicted molar refractivity (Wildman–Crippen MR) is 149 cm³/mol. The number of nitrogens with zero attached hydrogens (tertiary/aromatic N) is 4. The van der Waals surface area contributed by atoms with Crippen molar-refractivity contribution in [2.75, 3.05) is 6.61 Å². The molecule has 5 aromatic rings. The average Bonchev–Trinajstić information content (AvgIpc) is 3.62. The molecular weight excluding hydrogens is 507 g/mol. The van der Waals surface area contributed by atoms with E-state index in [4.69, 9.17) is 19.7 Å². The number of benzene rings is 3. The highest BCUT2D eigenvalue weighted by atomic mass is 19.1. The Morgan fingerprint density at radius 3 is 2.73 bits per heavy atom. The largest absolute Gasteiger partial charge is 0.489 e. The van der Waals surface area contributed by atoms with Gasteiger partial charge in [0.05, 0.1) is 41.9 Å². The number of aromatic nitrogens is 3. The molecule has 200 valence electrons. The molecule has 0 aliphatic carbocycles. The van der Waals surface area contributed by atoms with Gasteiger partial charge >= 0.3 is 0 Å². The first-order valence-corrected chi connectivity index (χ1v) is 13.3. The van der Waals surface area contributed by atoms with Crippen molar-refractivity contribution in [1.29, 1.82) is 5.26 Å². The van der Waals surface area contributed by atoms with Crippen LogP contribution in [0.5, 0.6) is 5.75 Å². The molecule has 1 unspecified atom stereocenters. The van der Waals surface area contributed by atoms with Crippen LogP contribution in [-0.4, -0.2) is 26.8 Å². The standard InChI is InChI=1S/C32H27FN4O3/c33-28-15-22(18-34)10-11-25(28)21-40-26-6-3-5-23(16-26)24-12-13-36(32(38)17-24)20-31-35-29-8-1-2-9-30(29)37(31)19-27-7-4-14-39-27/h1-3,5-6,8-13,15-17,27H,4,7,14,19-21H2. The summed E-state index contributed by atoms with van der Waals surface area (Å²) in [6.45, 7) is 1.86. The van der Waals surface area contributed by atoms with Gasteiger partial charge in [0.25, 0.3) is 5.56 Å². The van der Waals surface area contributed by atoms with Gasteiger partial charge in [-0.2, -0.15) is 5.26 Å². The summed E-state index contributed by atoms with van der Waals surface area (Å²) in [5.41, 5.74) is 3.99. The van der Waals surface area contributed by atoms with Gasteiger partial charge in [0.15, 0.2) is 0 Å². The van der Waals surface area contributed by atoms with Gasteiger partial charge in [-0.25, -0.2) is 9.37 Å². The minimum Gasteiger partial charge on any atom is -0.489 e. The molecular formula is C32H27FN4O3. The monoisotopic (exact) mass is 534 g/mol. The van der Waals surface area contributed by atoms with Gasteiger partial charge in [0.1, 0.15) is 24.0 Å². The molecule has 7 nitrogen and oxygen atoms in total. The number of rotatable bonds is 8. The summed E-state index contributed by atoms with van der Waals surface area (Å²) in [6, 6.07) is 25.1. The second kappa shape index (κ2) is 11.2. The third-order valence-electron chi connectivity index (χ3n) is 7.20. The number of ether oxygens (including phenoxy) is 2. The molecule has 0 saturated carbocycles. The van der Waals surface area contributed by atoms with Crippen LogP contribution in [0.15, 0.2) is 89.9 Å². The van der Waals surface area contributed by atoms with Gasteiger partial charge in [-0.3, -0.25) is 4.79 Å². The molecule has 1 saturated heterocycles. The summed E-state index contributed by atoms with van der Waals surface area (Å²) in [5.74, 6) is 0.883. The van der Waals surface area contributed by atoms with E-state index >= 15 is 0 Å². The fraction of sp³-hybridized carbons (Fsp3) is 0.219. The van der Waals surface area contributed by atoms with E-state index in [9.17, 15) is 9.18 Å². The van der Waals surface area contributed by atoms with E-state index in [2.05, 4.69) is 10.6 Å². The molecule has 1 atom stereocenters. The Morgan fingerprint density at radius 1 is 1.05 bits per heavy atom. The van der Waals surface area contributed by atoms with Crippen molar-refractivity contribution in [2.45, 2.75) is 38.6 Å². The van der Waals surface area contributed by atoms with Crippen LogP contribution in [0.3, 0.4) is 0 Å². The highest BCUT2D eigenvalue weighted by Crippen LogP contribution is 2.25. The number of hydrogen-bond donors (Lipinski definition) is 0. The minimum absolute atomic E-state index is 0.0233. The van der Waals surface area contributed by atoms with Crippen molar-refractivity contribution in [1.82, 2.24) is 14.1 Å². The van der Waals surface area contributed by atoms with Crippen molar-refractivity contribution in [3.05, 3.63) is 118 Å². The Labute approximate surface area is 230 Å². The van der Waals surface area contributed by atoms with Crippen LogP contribution in [-0.2, 0) is 24.4 Å². The lowest BCUT2D eigenvalue weighted by Gasteiger charge is -2.15. The Balaban J connectivity index is 1.21. The molecule has 0 amide bonds. The molecule has 8 heteroatoms. The van der Waals surface area contributed by atoms with Gasteiger partial charge in [-0.05, 0) is 66.4 Å². The summed E-state index contributed by atoms with van der Waals surface area (Å²) < 4.78 is 29.7. The van der Waals surface area contributed by atoms with Gasteiger partial charge in [-0.15, -0.1) is 0 Å². The molecule has 1 aliphatic heterocycles. The first-order valence-electron chi connectivity index (χ1n) is 13.3. The summed E-state index contributed by atoms with van der Waals surface area (Å²) >= 11 is 0. The molecule has 0 spiro atoms. The van der Waals surface area contributed by atoms with E-state index in [1.165, 1.54) is 6.07 Å². The van der Waals surface area contributed by atoms with Gasteiger partial charge < -0.3 is 18.6 Å². The van der Waals surface area contributed by atoms with Crippen molar-refractivity contribution < 1.29 is 13.9 Å². The number of imidazole rings is 1. The normalized spacial score (nSPS) is 14.8. The zero-order valence-electron chi connectivity index (χ0n) is 21.8. The number of fused-ring (bicyclic) bond motifs is 1. The maximum absolute atomic E-state index is 14.2. The SMILES string of the molecule is N#Cc1ccc(COc2cccc(-c3ccn(Cc4nc5ccccc5n4CC4CCCO4)c(=O)c3)c2)c(F)c1. The smallest absolute Gasteiger partial charge is 0.251 e. The second-order valence-corrected chi connectivity index (χ2v) is 9.88. The third-order valence-corrected chi connectivity index (χ3v) is 7.20. The minimum atomic E-state index is -0.483. The number of pyridine rings is 1. The Hall–Kier alpha value is -4.74. The number of halogens is 1. The van der Waals surface area contributed by atoms with Crippen LogP contribution in [0.4, 0.5) is 4.39 Å². The average molecular weight is 535 g/mol. The first-order chi connectivity index (χ1) is 19.6. The van der Waals surface area contributed by atoms with E-state index < -0.39 is 5.82 Å². The quantitative estimate of drug-likeness (QED) is 0.256. The van der Waals surface area contributed by atoms with Gasteiger partial charge in [0.2, 0.25) is 0 Å². The van der Waals surface area contributed by atoms with Crippen molar-refractivity contribution in [3.63, 3.8) is 0 Å². The summed E-state index contributed by atoms with van der Waals surface area (Å²) in [4.78, 5) is 18.0. The van der Waals surface area contributed by atoms with Crippen LogP contribution in [0, 0.1) is 17.1 Å². The Bertz CT molecular complexity index is 1780. The van der Waals surface area contributed by atoms with E-state index in [0.29, 0.717) is 24.4 Å². The van der Waals surface area contributed by atoms with E-state index in [1.807, 2.05) is 48.5 Å². The molecule has 1 aliphatic rings. The highest BCUT2D eigenvalue weighted by Gasteiger charge is 2.20. The van der Waals surface area contributed by atoms with E-state index in [1.54, 1.807) is 35.0 Å². The van der Waals surface area contributed by atoms with Gasteiger partial charge in [-0.1, -0.05) is 30.3 Å². The second-order valence-electron chi connectivity index (χ2n) is 9.88. The molecule has 2 aromatic heterocycles. The van der Waals surface area contributed by atoms with Crippen molar-refractivity contribution in [2.24, 2.45) is 0 Å². The number of para-hydroxylation sites is 2. The molecule has 3 heterocycles. The zero-order chi connectivity index (χ0) is 27.5. The summed E-state index contributed by atoms with van der Waals surface area (Å²) in [5, 5.41) is 8.92. The van der Waals surface area contributed by atoms with E-state index in [-0.39, 0.29) is 23.8 Å². The number of hydrogen-bond acceptors (Lipinski definition) is 5. The topological polar surface area (TPSA) is 82.1 Å². The Kier molecular flexibility index (Phi) is 7.13. The molecule has 6 rings (SSSR count). The molecule has 1 fully saturated rings. The van der Waals surface area contributed by atoms with Crippen LogP contribution >= 0.6 is 0 Å². The molecule has 0 radical (unpaired) electrons. The summed E-state index contributed by atoms with van der Waals surface area (Å²) in [7, 11) is 0. The lowest BCUT2D eigenvalue weighted by atomic mass is 10.1. The molecule has 40 heavy (non-hydrogen) atoms. The maximum atomic E-state index is 14.2. The van der Waals surface area contributed by atoms with Gasteiger partial charge in [0, 0.05) is 24.4 Å². The van der Waals surface area contributed by atoms with Crippen LogP contribution < -0.4 is 10.3 Å².